The van der Waals surface area contributed by atoms with E-state index in [2.05, 4.69) is 25.5 Å². The number of fused-ring (bicyclic) bond motifs is 1. The summed E-state index contributed by atoms with van der Waals surface area (Å²) in [7, 11) is 0. The van der Waals surface area contributed by atoms with Crippen LogP contribution in [0.3, 0.4) is 0 Å². The van der Waals surface area contributed by atoms with Crippen molar-refractivity contribution in [1.82, 2.24) is 15.5 Å². The number of benzene rings is 1. The Bertz CT molecular complexity index is 613. The Labute approximate surface area is 109 Å². The quantitative estimate of drug-likeness (QED) is 0.359. The number of nitrogens with one attached hydrogen (secondary N) is 2. The van der Waals surface area contributed by atoms with Gasteiger partial charge in [-0.1, -0.05) is 11.2 Å². The Kier molecular flexibility index (Phi) is 4.36. The van der Waals surface area contributed by atoms with Crippen molar-refractivity contribution in [2.24, 2.45) is 5.11 Å². The highest BCUT2D eigenvalue weighted by molar-refractivity contribution is 5.97. The Morgan fingerprint density at radius 3 is 3.21 bits per heavy atom. The number of hydrogen-bond donors (Lipinski definition) is 2. The van der Waals surface area contributed by atoms with E-state index in [1.165, 1.54) is 0 Å². The summed E-state index contributed by atoms with van der Waals surface area (Å²) in [5.41, 5.74) is 9.56. The first-order chi connectivity index (χ1) is 9.31. The molecule has 2 N–H and O–H groups in total. The van der Waals surface area contributed by atoms with E-state index in [9.17, 15) is 4.79 Å². The van der Waals surface area contributed by atoms with Gasteiger partial charge in [-0.2, -0.15) is 5.10 Å². The fourth-order valence-electron chi connectivity index (χ4n) is 1.73. The predicted molar refractivity (Wildman–Crippen MR) is 71.7 cm³/mol. The SMILES string of the molecule is [N-]=[N+]=NCCCCNC(=O)c1ccc2cn[nH]c2c1. The molecule has 2 rings (SSSR count). The zero-order chi connectivity index (χ0) is 13.5. The van der Waals surface area contributed by atoms with E-state index < -0.39 is 0 Å². The molecular weight excluding hydrogens is 244 g/mol. The molecule has 7 heteroatoms. The molecule has 1 aromatic heterocycles. The summed E-state index contributed by atoms with van der Waals surface area (Å²) in [6, 6.07) is 5.40. The Morgan fingerprint density at radius 2 is 2.37 bits per heavy atom. The maximum Gasteiger partial charge on any atom is 0.251 e. The normalized spacial score (nSPS) is 10.1. The molecule has 0 aliphatic rings. The third-order valence-corrected chi connectivity index (χ3v) is 2.74. The van der Waals surface area contributed by atoms with Gasteiger partial charge in [-0.05, 0) is 30.5 Å². The molecular formula is C12H14N6O. The van der Waals surface area contributed by atoms with Gasteiger partial charge in [-0.15, -0.1) is 0 Å². The van der Waals surface area contributed by atoms with Gasteiger partial charge in [0.05, 0.1) is 11.7 Å². The van der Waals surface area contributed by atoms with E-state index in [4.69, 9.17) is 5.53 Å². The number of rotatable bonds is 6. The number of aromatic amines is 1. The Balaban J connectivity index is 1.83. The monoisotopic (exact) mass is 258 g/mol. The van der Waals surface area contributed by atoms with Gasteiger partial charge in [0, 0.05) is 29.0 Å². The molecule has 1 amide bonds. The maximum atomic E-state index is 11.9. The van der Waals surface area contributed by atoms with Crippen LogP contribution in [-0.2, 0) is 0 Å². The lowest BCUT2D eigenvalue weighted by atomic mass is 10.1. The first-order valence-electron chi connectivity index (χ1n) is 6.03. The predicted octanol–water partition coefficient (Wildman–Crippen LogP) is 2.38. The maximum absolute atomic E-state index is 11.9. The third kappa shape index (κ3) is 3.46. The Hall–Kier alpha value is -2.53. The van der Waals surface area contributed by atoms with Crippen LogP contribution in [0.1, 0.15) is 23.2 Å². The fraction of sp³-hybridized carbons (Fsp3) is 0.333. The van der Waals surface area contributed by atoms with Gasteiger partial charge in [-0.3, -0.25) is 9.89 Å². The average Bonchev–Trinajstić information content (AvgIpc) is 2.89. The minimum absolute atomic E-state index is 0.111. The molecule has 2 aromatic rings. The van der Waals surface area contributed by atoms with Crippen LogP contribution in [0.2, 0.25) is 0 Å². The molecule has 0 unspecified atom stereocenters. The van der Waals surface area contributed by atoms with Crippen molar-refractivity contribution < 1.29 is 4.79 Å². The van der Waals surface area contributed by atoms with Crippen molar-refractivity contribution in [3.05, 3.63) is 40.4 Å². The lowest BCUT2D eigenvalue weighted by Gasteiger charge is -2.04. The molecule has 0 aliphatic heterocycles. The summed E-state index contributed by atoms with van der Waals surface area (Å²) in [5.74, 6) is -0.111. The molecule has 0 saturated heterocycles. The topological polar surface area (TPSA) is 107 Å². The van der Waals surface area contributed by atoms with E-state index >= 15 is 0 Å². The van der Waals surface area contributed by atoms with Gasteiger partial charge >= 0.3 is 0 Å². The number of hydrogen-bond acceptors (Lipinski definition) is 3. The second kappa shape index (κ2) is 6.42. The van der Waals surface area contributed by atoms with Crippen LogP contribution in [0.25, 0.3) is 21.3 Å². The van der Waals surface area contributed by atoms with Crippen molar-refractivity contribution in [1.29, 1.82) is 0 Å². The zero-order valence-electron chi connectivity index (χ0n) is 10.3. The van der Waals surface area contributed by atoms with E-state index in [1.54, 1.807) is 18.3 Å². The molecule has 0 aliphatic carbocycles. The molecule has 1 aromatic carbocycles. The van der Waals surface area contributed by atoms with Crippen LogP contribution in [0.4, 0.5) is 0 Å². The van der Waals surface area contributed by atoms with E-state index in [0.717, 1.165) is 23.7 Å². The van der Waals surface area contributed by atoms with Crippen LogP contribution in [0.15, 0.2) is 29.5 Å². The minimum Gasteiger partial charge on any atom is -0.352 e. The fourth-order valence-corrected chi connectivity index (χ4v) is 1.73. The number of unbranched alkanes of at least 4 members (excludes halogenated alkanes) is 1. The van der Waals surface area contributed by atoms with Crippen molar-refractivity contribution in [2.75, 3.05) is 13.1 Å². The van der Waals surface area contributed by atoms with Crippen LogP contribution >= 0.6 is 0 Å². The van der Waals surface area contributed by atoms with Crippen LogP contribution in [0.5, 0.6) is 0 Å². The largest absolute Gasteiger partial charge is 0.352 e. The van der Waals surface area contributed by atoms with Crippen LogP contribution in [-0.4, -0.2) is 29.2 Å². The highest BCUT2D eigenvalue weighted by Gasteiger charge is 2.06. The summed E-state index contributed by atoms with van der Waals surface area (Å²) in [6.07, 6.45) is 3.27. The molecule has 0 radical (unpaired) electrons. The molecule has 0 bridgehead atoms. The Morgan fingerprint density at radius 1 is 1.47 bits per heavy atom. The number of carbonyl (C=O) groups is 1. The second-order valence-corrected chi connectivity index (χ2v) is 4.09. The number of amides is 1. The van der Waals surface area contributed by atoms with E-state index in [-0.39, 0.29) is 5.91 Å². The molecule has 1 heterocycles. The molecule has 7 nitrogen and oxygen atoms in total. The summed E-state index contributed by atoms with van der Waals surface area (Å²) in [5, 5.41) is 14.0. The van der Waals surface area contributed by atoms with Gasteiger partial charge in [0.25, 0.3) is 5.91 Å². The number of carbonyl (C=O) groups excluding carboxylic acids is 1. The summed E-state index contributed by atoms with van der Waals surface area (Å²) in [6.45, 7) is 1.03. The van der Waals surface area contributed by atoms with Crippen molar-refractivity contribution in [2.45, 2.75) is 12.8 Å². The molecule has 0 atom stereocenters. The van der Waals surface area contributed by atoms with Gasteiger partial charge in [0.15, 0.2) is 0 Å². The van der Waals surface area contributed by atoms with Crippen molar-refractivity contribution >= 4 is 16.8 Å². The van der Waals surface area contributed by atoms with Crippen molar-refractivity contribution in [3.8, 4) is 0 Å². The highest BCUT2D eigenvalue weighted by atomic mass is 16.1. The summed E-state index contributed by atoms with van der Waals surface area (Å²) >= 11 is 0. The number of nitrogens with zero attached hydrogens (tertiary/aromatic N) is 4. The molecule has 0 spiro atoms. The van der Waals surface area contributed by atoms with Gasteiger partial charge in [-0.25, -0.2) is 0 Å². The number of aromatic nitrogens is 2. The lowest BCUT2D eigenvalue weighted by Crippen LogP contribution is -2.24. The standard InChI is InChI=1S/C12H14N6O/c13-18-15-6-2-1-5-14-12(19)9-3-4-10-8-16-17-11(10)7-9/h3-4,7-8H,1-2,5-6H2,(H,14,19)(H,16,17). The molecule has 19 heavy (non-hydrogen) atoms. The summed E-state index contributed by atoms with van der Waals surface area (Å²) < 4.78 is 0. The number of H-pyrrole nitrogens is 1. The second-order valence-electron chi connectivity index (χ2n) is 4.09. The highest BCUT2D eigenvalue weighted by Crippen LogP contribution is 2.12. The van der Waals surface area contributed by atoms with Crippen LogP contribution in [0, 0.1) is 0 Å². The van der Waals surface area contributed by atoms with E-state index in [0.29, 0.717) is 18.7 Å². The minimum atomic E-state index is -0.111. The average molecular weight is 258 g/mol. The van der Waals surface area contributed by atoms with Gasteiger partial charge in [0.1, 0.15) is 0 Å². The molecule has 0 fully saturated rings. The molecule has 0 saturated carbocycles. The molecule has 98 valence electrons. The zero-order valence-corrected chi connectivity index (χ0v) is 10.3. The lowest BCUT2D eigenvalue weighted by molar-refractivity contribution is 0.0953. The summed E-state index contributed by atoms with van der Waals surface area (Å²) in [4.78, 5) is 14.5. The van der Waals surface area contributed by atoms with Crippen LogP contribution < -0.4 is 5.32 Å². The third-order valence-electron chi connectivity index (χ3n) is 2.74. The van der Waals surface area contributed by atoms with E-state index in [1.807, 2.05) is 6.07 Å². The van der Waals surface area contributed by atoms with Gasteiger partial charge in [0.2, 0.25) is 0 Å². The first kappa shape index (κ1) is 12.9. The first-order valence-corrected chi connectivity index (χ1v) is 6.03. The number of azide groups is 1. The smallest absolute Gasteiger partial charge is 0.251 e. The van der Waals surface area contributed by atoms with Gasteiger partial charge < -0.3 is 5.32 Å². The van der Waals surface area contributed by atoms with Crippen molar-refractivity contribution in [3.63, 3.8) is 0 Å².